The van der Waals surface area contributed by atoms with E-state index in [0.29, 0.717) is 30.0 Å². The number of rotatable bonds is 9. The quantitative estimate of drug-likeness (QED) is 0.398. The minimum Gasteiger partial charge on any atom is -0.312 e. The molecule has 0 saturated heterocycles. The predicted molar refractivity (Wildman–Crippen MR) is 135 cm³/mol. The second-order valence-corrected chi connectivity index (χ2v) is 10.9. The van der Waals surface area contributed by atoms with Crippen molar-refractivity contribution >= 4 is 37.5 Å². The largest absolute Gasteiger partial charge is 0.312 e. The molecular weight excluding hydrogens is 454 g/mol. The van der Waals surface area contributed by atoms with Crippen LogP contribution in [0.15, 0.2) is 58.9 Å². The lowest BCUT2D eigenvalue weighted by Crippen LogP contribution is -2.31. The van der Waals surface area contributed by atoms with Gasteiger partial charge in [-0.25, -0.2) is 8.42 Å². The molecule has 0 fully saturated rings. The van der Waals surface area contributed by atoms with Gasteiger partial charge in [-0.15, -0.1) is 6.58 Å². The van der Waals surface area contributed by atoms with E-state index in [9.17, 15) is 13.2 Å². The van der Waals surface area contributed by atoms with E-state index in [2.05, 4.69) is 37.6 Å². The number of carbonyl (C=O) groups excluding carboxylic acids is 1. The SMILES string of the molecule is C=CCn1c(=NC(=O)c2ccc(S(=O)(=O)N(CC)CCCC)cc2)sc2cc(C)c(C)cc21. The van der Waals surface area contributed by atoms with E-state index in [0.717, 1.165) is 23.1 Å². The first-order chi connectivity index (χ1) is 15.7. The summed E-state index contributed by atoms with van der Waals surface area (Å²) in [4.78, 5) is 18.1. The number of hydrogen-bond acceptors (Lipinski definition) is 4. The van der Waals surface area contributed by atoms with Crippen molar-refractivity contribution in [1.29, 1.82) is 0 Å². The molecule has 0 bridgehead atoms. The van der Waals surface area contributed by atoms with Crippen LogP contribution >= 0.6 is 11.3 Å². The van der Waals surface area contributed by atoms with Gasteiger partial charge in [-0.2, -0.15) is 9.30 Å². The van der Waals surface area contributed by atoms with Crippen LogP contribution in [0.1, 0.15) is 48.2 Å². The molecule has 2 aromatic carbocycles. The van der Waals surface area contributed by atoms with Crippen LogP contribution in [0.5, 0.6) is 0 Å². The lowest BCUT2D eigenvalue weighted by Gasteiger charge is -2.20. The van der Waals surface area contributed by atoms with Crippen molar-refractivity contribution in [1.82, 2.24) is 8.87 Å². The number of nitrogens with zero attached hydrogens (tertiary/aromatic N) is 3. The summed E-state index contributed by atoms with van der Waals surface area (Å²) in [6.45, 7) is 13.2. The van der Waals surface area contributed by atoms with E-state index in [-0.39, 0.29) is 4.90 Å². The fourth-order valence-corrected chi connectivity index (χ4v) is 6.17. The third-order valence-electron chi connectivity index (χ3n) is 5.66. The lowest BCUT2D eigenvalue weighted by molar-refractivity contribution is 0.0997. The monoisotopic (exact) mass is 485 g/mol. The molecule has 0 unspecified atom stereocenters. The van der Waals surface area contributed by atoms with Gasteiger partial charge in [0, 0.05) is 25.2 Å². The number of allylic oxidation sites excluding steroid dienone is 1. The van der Waals surface area contributed by atoms with Crippen LogP contribution in [0.4, 0.5) is 0 Å². The number of hydrogen-bond donors (Lipinski definition) is 0. The fourth-order valence-electron chi connectivity index (χ4n) is 3.57. The van der Waals surface area contributed by atoms with Crippen molar-refractivity contribution < 1.29 is 13.2 Å². The van der Waals surface area contributed by atoms with Gasteiger partial charge >= 0.3 is 0 Å². The highest BCUT2D eigenvalue weighted by Crippen LogP contribution is 2.22. The number of sulfonamides is 1. The minimum absolute atomic E-state index is 0.187. The molecule has 0 aliphatic carbocycles. The molecule has 3 aromatic rings. The summed E-state index contributed by atoms with van der Waals surface area (Å²) in [7, 11) is -3.59. The number of fused-ring (bicyclic) bond motifs is 1. The zero-order chi connectivity index (χ0) is 24.2. The predicted octanol–water partition coefficient (Wildman–Crippen LogP) is 5.06. The molecule has 0 saturated carbocycles. The van der Waals surface area contributed by atoms with Crippen LogP contribution in [0.2, 0.25) is 0 Å². The fraction of sp³-hybridized carbons (Fsp3) is 0.360. The van der Waals surface area contributed by atoms with Crippen LogP contribution in [0, 0.1) is 13.8 Å². The zero-order valence-electron chi connectivity index (χ0n) is 19.7. The van der Waals surface area contributed by atoms with Crippen molar-refractivity contribution in [3.63, 3.8) is 0 Å². The number of aromatic nitrogens is 1. The summed E-state index contributed by atoms with van der Waals surface area (Å²) in [6.07, 6.45) is 3.51. The molecule has 1 amide bonds. The molecule has 3 rings (SSSR count). The van der Waals surface area contributed by atoms with Gasteiger partial charge in [0.1, 0.15) is 0 Å². The molecule has 1 heterocycles. The number of benzene rings is 2. The van der Waals surface area contributed by atoms with Gasteiger partial charge in [-0.1, -0.05) is 37.7 Å². The maximum Gasteiger partial charge on any atom is 0.279 e. The molecule has 0 aliphatic rings. The minimum atomic E-state index is -3.59. The van der Waals surface area contributed by atoms with E-state index in [1.807, 2.05) is 18.4 Å². The van der Waals surface area contributed by atoms with Gasteiger partial charge in [0.15, 0.2) is 4.80 Å². The second kappa shape index (κ2) is 10.6. The molecule has 0 atom stereocenters. The summed E-state index contributed by atoms with van der Waals surface area (Å²) in [5.74, 6) is -0.407. The highest BCUT2D eigenvalue weighted by Gasteiger charge is 2.22. The number of carbonyl (C=O) groups is 1. The normalized spacial score (nSPS) is 12.6. The van der Waals surface area contributed by atoms with Crippen molar-refractivity contribution in [3.05, 3.63) is 70.5 Å². The van der Waals surface area contributed by atoms with Gasteiger partial charge in [0.2, 0.25) is 10.0 Å². The van der Waals surface area contributed by atoms with E-state index < -0.39 is 15.9 Å². The van der Waals surface area contributed by atoms with E-state index in [1.54, 1.807) is 6.08 Å². The Labute approximate surface area is 200 Å². The molecule has 6 nitrogen and oxygen atoms in total. The number of unbranched alkanes of at least 4 members (excludes halogenated alkanes) is 1. The summed E-state index contributed by atoms with van der Waals surface area (Å²) in [5.41, 5.74) is 3.72. The van der Waals surface area contributed by atoms with Gasteiger partial charge in [0.25, 0.3) is 5.91 Å². The van der Waals surface area contributed by atoms with E-state index >= 15 is 0 Å². The molecule has 0 aliphatic heterocycles. The average Bonchev–Trinajstić information content (AvgIpc) is 3.10. The second-order valence-electron chi connectivity index (χ2n) is 7.98. The molecule has 0 spiro atoms. The van der Waals surface area contributed by atoms with E-state index in [1.165, 1.54) is 51.0 Å². The topological polar surface area (TPSA) is 71.7 Å². The first-order valence-corrected chi connectivity index (χ1v) is 13.4. The van der Waals surface area contributed by atoms with Gasteiger partial charge < -0.3 is 4.57 Å². The first kappa shape index (κ1) is 25.1. The first-order valence-electron chi connectivity index (χ1n) is 11.1. The van der Waals surface area contributed by atoms with Crippen molar-refractivity contribution in [2.75, 3.05) is 13.1 Å². The summed E-state index contributed by atoms with van der Waals surface area (Å²) >= 11 is 1.46. The zero-order valence-corrected chi connectivity index (χ0v) is 21.3. The van der Waals surface area contributed by atoms with Crippen molar-refractivity contribution in [2.24, 2.45) is 4.99 Å². The Morgan fingerprint density at radius 1 is 1.15 bits per heavy atom. The Bertz CT molecular complexity index is 1330. The van der Waals surface area contributed by atoms with Crippen molar-refractivity contribution in [2.45, 2.75) is 52.0 Å². The third-order valence-corrected chi connectivity index (χ3v) is 8.69. The molecule has 8 heteroatoms. The maximum absolute atomic E-state index is 12.9. The van der Waals surface area contributed by atoms with Gasteiger partial charge in [0.05, 0.1) is 15.1 Å². The lowest BCUT2D eigenvalue weighted by atomic mass is 10.1. The molecule has 176 valence electrons. The number of amides is 1. The molecule has 0 N–H and O–H groups in total. The molecule has 33 heavy (non-hydrogen) atoms. The Hall–Kier alpha value is -2.55. The Morgan fingerprint density at radius 2 is 1.82 bits per heavy atom. The van der Waals surface area contributed by atoms with Crippen LogP contribution in [-0.4, -0.2) is 36.3 Å². The molecular formula is C25H31N3O3S2. The van der Waals surface area contributed by atoms with Crippen LogP contribution in [0.25, 0.3) is 10.2 Å². The Kier molecular flexibility index (Phi) is 8.05. The highest BCUT2D eigenvalue weighted by atomic mass is 32.2. The Morgan fingerprint density at radius 3 is 2.42 bits per heavy atom. The summed E-state index contributed by atoms with van der Waals surface area (Å²) in [5, 5.41) is 0. The summed E-state index contributed by atoms with van der Waals surface area (Å²) < 4.78 is 30.3. The van der Waals surface area contributed by atoms with Crippen LogP contribution in [0.3, 0.4) is 0 Å². The van der Waals surface area contributed by atoms with Crippen LogP contribution in [-0.2, 0) is 16.6 Å². The van der Waals surface area contributed by atoms with Gasteiger partial charge in [-0.05, 0) is 67.8 Å². The molecule has 1 aromatic heterocycles. The van der Waals surface area contributed by atoms with Gasteiger partial charge in [-0.3, -0.25) is 4.79 Å². The standard InChI is InChI=1S/C25H31N3O3S2/c1-6-9-15-27(8-3)33(30,31)21-12-10-20(11-13-21)24(29)26-25-28(14-7-2)22-16-18(4)19(5)17-23(22)32-25/h7,10-13,16-17H,2,6,8-9,14-15H2,1,3-5H3. The van der Waals surface area contributed by atoms with Crippen molar-refractivity contribution in [3.8, 4) is 0 Å². The number of thiazole rings is 1. The third kappa shape index (κ3) is 5.34. The van der Waals surface area contributed by atoms with Crippen LogP contribution < -0.4 is 4.80 Å². The van der Waals surface area contributed by atoms with E-state index in [4.69, 9.17) is 0 Å². The smallest absolute Gasteiger partial charge is 0.279 e. The summed E-state index contributed by atoms with van der Waals surface area (Å²) in [6, 6.07) is 10.3. The maximum atomic E-state index is 12.9. The molecule has 0 radical (unpaired) electrons. The number of aryl methyl sites for hydroxylation is 2. The Balaban J connectivity index is 1.96. The highest BCUT2D eigenvalue weighted by molar-refractivity contribution is 7.89. The average molecular weight is 486 g/mol.